The molecule has 2 N–H and O–H groups in total. The van der Waals surface area contributed by atoms with E-state index < -0.39 is 0 Å². The van der Waals surface area contributed by atoms with Crippen molar-refractivity contribution in [3.8, 4) is 0 Å². The second kappa shape index (κ2) is 5.28. The summed E-state index contributed by atoms with van der Waals surface area (Å²) in [5, 5.41) is 17.5. The van der Waals surface area contributed by atoms with Gasteiger partial charge in [0.1, 0.15) is 11.4 Å². The smallest absolute Gasteiger partial charge is 0.315 e. The molecular formula is C14H20N4O2. The van der Waals surface area contributed by atoms with Gasteiger partial charge in [-0.05, 0) is 31.4 Å². The maximum atomic E-state index is 11.3. The van der Waals surface area contributed by atoms with Gasteiger partial charge in [-0.2, -0.15) is 0 Å². The second-order valence-electron chi connectivity index (χ2n) is 5.56. The Kier molecular flexibility index (Phi) is 3.48. The molecule has 0 aromatic heterocycles. The minimum Gasteiger partial charge on any atom is -0.382 e. The van der Waals surface area contributed by atoms with Crippen LogP contribution in [0.15, 0.2) is 18.2 Å². The average Bonchev–Trinajstić information content (AvgIpc) is 3.19. The molecule has 108 valence electrons. The topological polar surface area (TPSA) is 70.4 Å². The van der Waals surface area contributed by atoms with Gasteiger partial charge >= 0.3 is 5.69 Å². The largest absolute Gasteiger partial charge is 0.382 e. The Morgan fingerprint density at radius 3 is 2.70 bits per heavy atom. The molecule has 1 unspecified atom stereocenters. The minimum atomic E-state index is -0.318. The van der Waals surface area contributed by atoms with Crippen LogP contribution in [0, 0.1) is 10.1 Å². The van der Waals surface area contributed by atoms with E-state index in [1.165, 1.54) is 12.8 Å². The molecule has 6 heteroatoms. The Morgan fingerprint density at radius 2 is 2.05 bits per heavy atom. The molecule has 0 spiro atoms. The molecular weight excluding hydrogens is 256 g/mol. The molecule has 1 saturated carbocycles. The monoisotopic (exact) mass is 276 g/mol. The van der Waals surface area contributed by atoms with Crippen LogP contribution in [0.2, 0.25) is 0 Å². The first-order valence-corrected chi connectivity index (χ1v) is 7.15. The normalized spacial score (nSPS) is 22.8. The molecule has 3 rings (SSSR count). The van der Waals surface area contributed by atoms with Crippen molar-refractivity contribution in [3.63, 3.8) is 0 Å². The number of hydrogen-bond acceptors (Lipinski definition) is 5. The van der Waals surface area contributed by atoms with Crippen LogP contribution in [0.1, 0.15) is 19.3 Å². The van der Waals surface area contributed by atoms with Crippen molar-refractivity contribution in [1.82, 2.24) is 4.90 Å². The summed E-state index contributed by atoms with van der Waals surface area (Å²) in [5.74, 6) is 0. The molecule has 0 radical (unpaired) electrons. The molecule has 6 nitrogen and oxygen atoms in total. The van der Waals surface area contributed by atoms with Gasteiger partial charge in [-0.25, -0.2) is 0 Å². The standard InChI is InChI=1S/C14H20N4O2/c1-15-12-3-2-4-13(14(12)18(19)20)16-10-7-8-17(9-10)11-5-6-11/h2-4,10-11,15-16H,5-9H2,1H3. The highest BCUT2D eigenvalue weighted by molar-refractivity contribution is 5.76. The lowest BCUT2D eigenvalue weighted by Gasteiger charge is -2.17. The third-order valence-electron chi connectivity index (χ3n) is 4.13. The fourth-order valence-corrected chi connectivity index (χ4v) is 2.95. The highest BCUT2D eigenvalue weighted by atomic mass is 16.6. The number of rotatable bonds is 5. The third kappa shape index (κ3) is 2.56. The van der Waals surface area contributed by atoms with Gasteiger partial charge in [0.15, 0.2) is 0 Å². The zero-order valence-electron chi connectivity index (χ0n) is 11.6. The van der Waals surface area contributed by atoms with Crippen molar-refractivity contribution in [2.75, 3.05) is 30.8 Å². The van der Waals surface area contributed by atoms with E-state index in [9.17, 15) is 10.1 Å². The fourth-order valence-electron chi connectivity index (χ4n) is 2.95. The quantitative estimate of drug-likeness (QED) is 0.638. The summed E-state index contributed by atoms with van der Waals surface area (Å²) in [6, 6.07) is 6.43. The SMILES string of the molecule is CNc1cccc(NC2CCN(C3CC3)C2)c1[N+](=O)[O-]. The number of benzene rings is 1. The maximum Gasteiger partial charge on any atom is 0.315 e. The highest BCUT2D eigenvalue weighted by Crippen LogP contribution is 2.35. The lowest BCUT2D eigenvalue weighted by atomic mass is 10.2. The van der Waals surface area contributed by atoms with E-state index in [0.717, 1.165) is 25.6 Å². The van der Waals surface area contributed by atoms with E-state index in [1.54, 1.807) is 19.2 Å². The molecule has 1 aromatic carbocycles. The molecule has 1 saturated heterocycles. The summed E-state index contributed by atoms with van der Waals surface area (Å²) in [4.78, 5) is 13.4. The molecule has 1 aromatic rings. The van der Waals surface area contributed by atoms with Crippen molar-refractivity contribution in [1.29, 1.82) is 0 Å². The Bertz CT molecular complexity index is 516. The predicted octanol–water partition coefficient (Wildman–Crippen LogP) is 2.29. The number of likely N-dealkylation sites (tertiary alicyclic amines) is 1. The van der Waals surface area contributed by atoms with Crippen molar-refractivity contribution in [2.24, 2.45) is 0 Å². The first-order chi connectivity index (χ1) is 9.69. The van der Waals surface area contributed by atoms with Gasteiger partial charge in [-0.1, -0.05) is 6.07 Å². The molecule has 2 fully saturated rings. The Balaban J connectivity index is 1.75. The number of nitro groups is 1. The first-order valence-electron chi connectivity index (χ1n) is 7.15. The second-order valence-corrected chi connectivity index (χ2v) is 5.56. The van der Waals surface area contributed by atoms with E-state index >= 15 is 0 Å². The molecule has 1 heterocycles. The Hall–Kier alpha value is -1.82. The number of nitro benzene ring substituents is 1. The zero-order valence-corrected chi connectivity index (χ0v) is 11.6. The van der Waals surface area contributed by atoms with Crippen LogP contribution in [0.25, 0.3) is 0 Å². The van der Waals surface area contributed by atoms with Gasteiger partial charge in [-0.15, -0.1) is 0 Å². The zero-order chi connectivity index (χ0) is 14.1. The molecule has 0 amide bonds. The van der Waals surface area contributed by atoms with E-state index in [-0.39, 0.29) is 10.6 Å². The number of anilines is 2. The molecule has 1 aliphatic carbocycles. The molecule has 2 aliphatic rings. The van der Waals surface area contributed by atoms with Crippen LogP contribution >= 0.6 is 0 Å². The van der Waals surface area contributed by atoms with Crippen molar-refractivity contribution < 1.29 is 4.92 Å². The summed E-state index contributed by atoms with van der Waals surface area (Å²) < 4.78 is 0. The van der Waals surface area contributed by atoms with Gasteiger partial charge in [-0.3, -0.25) is 15.0 Å². The molecule has 1 aliphatic heterocycles. The molecule has 20 heavy (non-hydrogen) atoms. The van der Waals surface area contributed by atoms with Crippen molar-refractivity contribution in [3.05, 3.63) is 28.3 Å². The third-order valence-corrected chi connectivity index (χ3v) is 4.13. The van der Waals surface area contributed by atoms with Crippen LogP contribution in [-0.4, -0.2) is 42.0 Å². The maximum absolute atomic E-state index is 11.3. The van der Waals surface area contributed by atoms with Crippen molar-refractivity contribution >= 4 is 17.1 Å². The van der Waals surface area contributed by atoms with Gasteiger partial charge in [0.25, 0.3) is 0 Å². The predicted molar refractivity (Wildman–Crippen MR) is 79.3 cm³/mol. The van der Waals surface area contributed by atoms with Crippen LogP contribution in [0.3, 0.4) is 0 Å². The fraction of sp³-hybridized carbons (Fsp3) is 0.571. The molecule has 1 atom stereocenters. The van der Waals surface area contributed by atoms with Gasteiger partial charge in [0, 0.05) is 32.2 Å². The number of hydrogen-bond donors (Lipinski definition) is 2. The Labute approximate surface area is 118 Å². The van der Waals surface area contributed by atoms with Gasteiger partial charge in [0.05, 0.1) is 4.92 Å². The van der Waals surface area contributed by atoms with Gasteiger partial charge in [0.2, 0.25) is 0 Å². The lowest BCUT2D eigenvalue weighted by Crippen LogP contribution is -2.28. The number of nitrogens with zero attached hydrogens (tertiary/aromatic N) is 2. The Morgan fingerprint density at radius 1 is 1.30 bits per heavy atom. The van der Waals surface area contributed by atoms with Gasteiger partial charge < -0.3 is 10.6 Å². The lowest BCUT2D eigenvalue weighted by molar-refractivity contribution is -0.383. The minimum absolute atomic E-state index is 0.139. The van der Waals surface area contributed by atoms with Crippen LogP contribution in [-0.2, 0) is 0 Å². The summed E-state index contributed by atoms with van der Waals surface area (Å²) in [6.07, 6.45) is 3.67. The highest BCUT2D eigenvalue weighted by Gasteiger charge is 2.35. The van der Waals surface area contributed by atoms with Crippen molar-refractivity contribution in [2.45, 2.75) is 31.3 Å². The van der Waals surface area contributed by atoms with E-state index in [4.69, 9.17) is 0 Å². The van der Waals surface area contributed by atoms with E-state index in [2.05, 4.69) is 15.5 Å². The van der Waals surface area contributed by atoms with Crippen LogP contribution < -0.4 is 10.6 Å². The average molecular weight is 276 g/mol. The van der Waals surface area contributed by atoms with E-state index in [1.807, 2.05) is 6.07 Å². The number of nitrogens with one attached hydrogen (secondary N) is 2. The molecule has 0 bridgehead atoms. The number of para-hydroxylation sites is 1. The summed E-state index contributed by atoms with van der Waals surface area (Å²) in [6.45, 7) is 2.09. The van der Waals surface area contributed by atoms with Crippen LogP contribution in [0.5, 0.6) is 0 Å². The van der Waals surface area contributed by atoms with E-state index in [0.29, 0.717) is 17.4 Å². The van der Waals surface area contributed by atoms with Crippen LogP contribution in [0.4, 0.5) is 17.1 Å². The summed E-state index contributed by atoms with van der Waals surface area (Å²) >= 11 is 0. The first kappa shape index (κ1) is 13.2. The summed E-state index contributed by atoms with van der Waals surface area (Å²) in [7, 11) is 1.70. The summed E-state index contributed by atoms with van der Waals surface area (Å²) in [5.41, 5.74) is 1.31.